The smallest absolute Gasteiger partial charge is 0.304 e. The van der Waals surface area contributed by atoms with Crippen LogP contribution in [0.3, 0.4) is 0 Å². The summed E-state index contributed by atoms with van der Waals surface area (Å²) in [6, 6.07) is 0. The van der Waals surface area contributed by atoms with Crippen molar-refractivity contribution in [3.63, 3.8) is 0 Å². The summed E-state index contributed by atoms with van der Waals surface area (Å²) in [5, 5.41) is 2.56. The molecule has 1 rings (SSSR count). The molecule has 4 heteroatoms. The lowest BCUT2D eigenvalue weighted by Gasteiger charge is -2.15. The summed E-state index contributed by atoms with van der Waals surface area (Å²) in [5.74, 6) is 0. The van der Waals surface area contributed by atoms with E-state index in [1.807, 2.05) is 0 Å². The first-order chi connectivity index (χ1) is 4.61. The van der Waals surface area contributed by atoms with E-state index in [1.54, 1.807) is 0 Å². The first-order valence-electron chi connectivity index (χ1n) is 2.82. The van der Waals surface area contributed by atoms with Gasteiger partial charge in [-0.25, -0.2) is 0 Å². The number of alkyl halides is 3. The first-order valence-corrected chi connectivity index (χ1v) is 2.82. The van der Waals surface area contributed by atoms with E-state index in [4.69, 9.17) is 0 Å². The maximum absolute atomic E-state index is 11.8. The fourth-order valence-corrected chi connectivity index (χ4v) is 0.692. The molecule has 56 valence electrons. The van der Waals surface area contributed by atoms with Gasteiger partial charge in [-0.15, -0.1) is 0 Å². The minimum Gasteiger partial charge on any atom is -0.304 e. The lowest BCUT2D eigenvalue weighted by molar-refractivity contribution is -0.0940. The molecule has 0 unspecified atom stereocenters. The Labute approximate surface area is 56.9 Å². The van der Waals surface area contributed by atoms with Crippen molar-refractivity contribution in [3.05, 3.63) is 18.2 Å². The SMILES string of the molecule is FC(F)(F)C1=CCN[C]C1. The Bertz CT molecular complexity index is 148. The third kappa shape index (κ3) is 1.73. The van der Waals surface area contributed by atoms with Gasteiger partial charge in [0.1, 0.15) is 0 Å². The summed E-state index contributed by atoms with van der Waals surface area (Å²) < 4.78 is 35.4. The van der Waals surface area contributed by atoms with Crippen LogP contribution in [-0.2, 0) is 0 Å². The highest BCUT2D eigenvalue weighted by atomic mass is 19.4. The Hall–Kier alpha value is -0.510. The normalized spacial score (nSPS) is 20.5. The summed E-state index contributed by atoms with van der Waals surface area (Å²) in [4.78, 5) is 0. The number of hydrogen-bond donors (Lipinski definition) is 1. The topological polar surface area (TPSA) is 12.0 Å². The van der Waals surface area contributed by atoms with Crippen molar-refractivity contribution in [1.82, 2.24) is 5.32 Å². The predicted molar refractivity (Wildman–Crippen MR) is 30.0 cm³/mol. The van der Waals surface area contributed by atoms with Gasteiger partial charge in [0.25, 0.3) is 0 Å². The molecule has 10 heavy (non-hydrogen) atoms. The minimum absolute atomic E-state index is 0.149. The molecule has 1 nitrogen and oxygen atoms in total. The van der Waals surface area contributed by atoms with Gasteiger partial charge in [0.15, 0.2) is 0 Å². The third-order valence-corrected chi connectivity index (χ3v) is 1.22. The van der Waals surface area contributed by atoms with Crippen LogP contribution < -0.4 is 5.32 Å². The van der Waals surface area contributed by atoms with Crippen LogP contribution in [0, 0.1) is 6.54 Å². The average Bonchev–Trinajstić information content (AvgIpc) is 1.88. The lowest BCUT2D eigenvalue weighted by Crippen LogP contribution is -2.22. The van der Waals surface area contributed by atoms with Crippen LogP contribution in [0.5, 0.6) is 0 Å². The van der Waals surface area contributed by atoms with Crippen LogP contribution in [0.25, 0.3) is 0 Å². The summed E-state index contributed by atoms with van der Waals surface area (Å²) in [6.07, 6.45) is -3.19. The molecule has 0 aromatic heterocycles. The Kier molecular flexibility index (Phi) is 1.99. The van der Waals surface area contributed by atoms with Crippen LogP contribution in [0.15, 0.2) is 11.6 Å². The van der Waals surface area contributed by atoms with E-state index >= 15 is 0 Å². The highest BCUT2D eigenvalue weighted by Gasteiger charge is 2.33. The van der Waals surface area contributed by atoms with Gasteiger partial charge < -0.3 is 5.32 Å². The van der Waals surface area contributed by atoms with Crippen molar-refractivity contribution in [2.24, 2.45) is 0 Å². The van der Waals surface area contributed by atoms with E-state index in [0.717, 1.165) is 6.08 Å². The molecule has 1 N–H and O–H groups in total. The zero-order chi connectivity index (χ0) is 7.61. The molecular formula is C6H6F3N. The summed E-state index contributed by atoms with van der Waals surface area (Å²) in [7, 11) is 0. The Morgan fingerprint density at radius 2 is 2.20 bits per heavy atom. The van der Waals surface area contributed by atoms with Crippen LogP contribution in [0.1, 0.15) is 6.42 Å². The van der Waals surface area contributed by atoms with Gasteiger partial charge in [-0.2, -0.15) is 13.2 Å². The minimum atomic E-state index is -4.17. The predicted octanol–water partition coefficient (Wildman–Crippen LogP) is 1.51. The number of halogens is 3. The maximum atomic E-state index is 11.8. The van der Waals surface area contributed by atoms with Crippen molar-refractivity contribution >= 4 is 0 Å². The van der Waals surface area contributed by atoms with E-state index in [0.29, 0.717) is 0 Å². The first kappa shape index (κ1) is 7.60. The van der Waals surface area contributed by atoms with Crippen molar-refractivity contribution in [2.75, 3.05) is 6.54 Å². The molecule has 0 aromatic rings. The van der Waals surface area contributed by atoms with Gasteiger partial charge in [-0.3, -0.25) is 0 Å². The second-order valence-corrected chi connectivity index (χ2v) is 1.96. The largest absolute Gasteiger partial charge is 0.412 e. The average molecular weight is 149 g/mol. The third-order valence-electron chi connectivity index (χ3n) is 1.22. The highest BCUT2D eigenvalue weighted by molar-refractivity contribution is 5.14. The molecule has 0 spiro atoms. The second kappa shape index (κ2) is 2.62. The molecule has 0 atom stereocenters. The zero-order valence-corrected chi connectivity index (χ0v) is 5.13. The van der Waals surface area contributed by atoms with Crippen LogP contribution in [0.2, 0.25) is 0 Å². The quantitative estimate of drug-likeness (QED) is 0.515. The van der Waals surface area contributed by atoms with Crippen molar-refractivity contribution in [3.8, 4) is 0 Å². The van der Waals surface area contributed by atoms with Gasteiger partial charge in [-0.05, 0) is 6.42 Å². The molecular weight excluding hydrogens is 143 g/mol. The standard InChI is InChI=1S/C6H6F3N/c7-6(8,9)5-1-3-10-4-2-5/h1,10H,2-3H2. The monoisotopic (exact) mass is 149 g/mol. The Morgan fingerprint density at radius 1 is 1.50 bits per heavy atom. The van der Waals surface area contributed by atoms with Crippen molar-refractivity contribution in [2.45, 2.75) is 12.6 Å². The summed E-state index contributed by atoms with van der Waals surface area (Å²) >= 11 is 0. The van der Waals surface area contributed by atoms with Gasteiger partial charge in [0.2, 0.25) is 0 Å². The molecule has 0 saturated carbocycles. The molecule has 1 aliphatic rings. The fourth-order valence-electron chi connectivity index (χ4n) is 0.692. The van der Waals surface area contributed by atoms with E-state index in [-0.39, 0.29) is 13.0 Å². The Balaban J connectivity index is 2.62. The fraction of sp³-hybridized carbons (Fsp3) is 0.500. The molecule has 0 amide bonds. The highest BCUT2D eigenvalue weighted by Crippen LogP contribution is 2.29. The van der Waals surface area contributed by atoms with Gasteiger partial charge in [-0.1, -0.05) is 6.08 Å². The molecule has 2 radical (unpaired) electrons. The summed E-state index contributed by atoms with van der Waals surface area (Å²) in [6.45, 7) is 2.63. The molecule has 0 aliphatic carbocycles. The van der Waals surface area contributed by atoms with Crippen LogP contribution in [-0.4, -0.2) is 12.7 Å². The van der Waals surface area contributed by atoms with Crippen LogP contribution in [0.4, 0.5) is 13.2 Å². The molecule has 1 aliphatic heterocycles. The number of rotatable bonds is 0. The Morgan fingerprint density at radius 3 is 2.50 bits per heavy atom. The van der Waals surface area contributed by atoms with E-state index in [9.17, 15) is 13.2 Å². The second-order valence-electron chi connectivity index (χ2n) is 1.96. The van der Waals surface area contributed by atoms with E-state index < -0.39 is 11.7 Å². The molecule has 0 aromatic carbocycles. The van der Waals surface area contributed by atoms with Gasteiger partial charge in [0.05, 0.1) is 6.54 Å². The maximum Gasteiger partial charge on any atom is 0.412 e. The molecule has 0 fully saturated rings. The number of nitrogens with one attached hydrogen (secondary N) is 1. The lowest BCUT2D eigenvalue weighted by atomic mass is 10.1. The summed E-state index contributed by atoms with van der Waals surface area (Å²) in [5.41, 5.74) is -0.508. The van der Waals surface area contributed by atoms with Crippen molar-refractivity contribution < 1.29 is 13.2 Å². The zero-order valence-electron chi connectivity index (χ0n) is 5.13. The van der Waals surface area contributed by atoms with Gasteiger partial charge >= 0.3 is 6.18 Å². The van der Waals surface area contributed by atoms with E-state index in [1.165, 1.54) is 0 Å². The van der Waals surface area contributed by atoms with Gasteiger partial charge in [0, 0.05) is 12.1 Å². The van der Waals surface area contributed by atoms with Crippen molar-refractivity contribution in [1.29, 1.82) is 0 Å². The van der Waals surface area contributed by atoms with E-state index in [2.05, 4.69) is 11.9 Å². The number of hydrogen-bond acceptors (Lipinski definition) is 1. The molecule has 0 bridgehead atoms. The molecule has 1 heterocycles. The van der Waals surface area contributed by atoms with Crippen LogP contribution >= 0.6 is 0 Å². The molecule has 0 saturated heterocycles.